The summed E-state index contributed by atoms with van der Waals surface area (Å²) in [5.41, 5.74) is 3.34. The van der Waals surface area contributed by atoms with E-state index in [-0.39, 0.29) is 16.9 Å². The van der Waals surface area contributed by atoms with Gasteiger partial charge >= 0.3 is 0 Å². The van der Waals surface area contributed by atoms with Crippen molar-refractivity contribution in [2.75, 3.05) is 13.1 Å². The van der Waals surface area contributed by atoms with Crippen molar-refractivity contribution in [1.29, 1.82) is 0 Å². The van der Waals surface area contributed by atoms with E-state index < -0.39 is 0 Å². The molecule has 3 heterocycles. The normalized spacial score (nSPS) is 21.4. The molecule has 1 aliphatic carbocycles. The van der Waals surface area contributed by atoms with Crippen molar-refractivity contribution in [3.63, 3.8) is 0 Å². The maximum atomic E-state index is 13.4. The highest BCUT2D eigenvalue weighted by Crippen LogP contribution is 2.43. The van der Waals surface area contributed by atoms with E-state index in [9.17, 15) is 9.59 Å². The number of aryl methyl sites for hydroxylation is 2. The number of H-pyrrole nitrogens is 1. The van der Waals surface area contributed by atoms with Gasteiger partial charge in [0.2, 0.25) is 0 Å². The van der Waals surface area contributed by atoms with Crippen LogP contribution in [0.15, 0.2) is 35.3 Å². The van der Waals surface area contributed by atoms with Crippen molar-refractivity contribution in [3.05, 3.63) is 63.5 Å². The first kappa shape index (κ1) is 17.2. The van der Waals surface area contributed by atoms with Crippen molar-refractivity contribution in [1.82, 2.24) is 19.4 Å². The van der Waals surface area contributed by atoms with Crippen LogP contribution in [0, 0.1) is 6.92 Å². The van der Waals surface area contributed by atoms with Gasteiger partial charge in [-0.1, -0.05) is 18.2 Å². The van der Waals surface area contributed by atoms with Crippen molar-refractivity contribution in [3.8, 4) is 0 Å². The van der Waals surface area contributed by atoms with Gasteiger partial charge < -0.3 is 14.5 Å². The van der Waals surface area contributed by atoms with Gasteiger partial charge in [-0.3, -0.25) is 9.59 Å². The standard InChI is InChI=1S/C22H24N4O2/c1-14-23-19-16(20(27)24-14)8-10-22(19)9-5-11-26(13-22)21(28)17-12-25(2)18-7-4-3-6-15(17)18/h3-4,6-7,12H,5,8-11,13H2,1-2H3,(H,23,24,27). The van der Waals surface area contributed by atoms with Crippen LogP contribution >= 0.6 is 0 Å². The number of nitrogens with one attached hydrogen (secondary N) is 1. The van der Waals surface area contributed by atoms with Crippen LogP contribution in [0.3, 0.4) is 0 Å². The number of nitrogens with zero attached hydrogens (tertiary/aromatic N) is 3. The second kappa shape index (κ2) is 6.06. The Balaban J connectivity index is 1.52. The van der Waals surface area contributed by atoms with Crippen LogP contribution in [-0.4, -0.2) is 38.4 Å². The quantitative estimate of drug-likeness (QED) is 0.710. The lowest BCUT2D eigenvalue weighted by Crippen LogP contribution is -2.48. The van der Waals surface area contributed by atoms with Crippen LogP contribution in [-0.2, 0) is 18.9 Å². The fraction of sp³-hybridized carbons (Fsp3) is 0.409. The third-order valence-electron chi connectivity index (χ3n) is 6.48. The van der Waals surface area contributed by atoms with Gasteiger partial charge in [0.15, 0.2) is 0 Å². The number of carbonyl (C=O) groups excluding carboxylic acids is 1. The summed E-state index contributed by atoms with van der Waals surface area (Å²) in [7, 11) is 1.98. The SMILES string of the molecule is Cc1nc2c(c(=O)[nH]1)CCC21CCCN(C(=O)c2cn(C)c3ccccc23)C1. The molecule has 2 aliphatic rings. The summed E-state index contributed by atoms with van der Waals surface area (Å²) in [4.78, 5) is 35.3. The molecule has 1 spiro atoms. The van der Waals surface area contributed by atoms with E-state index in [1.807, 2.05) is 53.9 Å². The highest BCUT2D eigenvalue weighted by molar-refractivity contribution is 6.07. The summed E-state index contributed by atoms with van der Waals surface area (Å²) in [6, 6.07) is 8.02. The van der Waals surface area contributed by atoms with Crippen LogP contribution in [0.2, 0.25) is 0 Å². The van der Waals surface area contributed by atoms with Gasteiger partial charge in [0.25, 0.3) is 11.5 Å². The van der Waals surface area contributed by atoms with Crippen molar-refractivity contribution in [2.24, 2.45) is 7.05 Å². The molecule has 5 rings (SSSR count). The zero-order valence-electron chi connectivity index (χ0n) is 16.3. The monoisotopic (exact) mass is 376 g/mol. The highest BCUT2D eigenvalue weighted by atomic mass is 16.2. The molecule has 2 aromatic heterocycles. The van der Waals surface area contributed by atoms with Gasteiger partial charge in [-0.15, -0.1) is 0 Å². The maximum absolute atomic E-state index is 13.4. The zero-order valence-corrected chi connectivity index (χ0v) is 16.3. The number of carbonyl (C=O) groups is 1. The molecular weight excluding hydrogens is 352 g/mol. The maximum Gasteiger partial charge on any atom is 0.256 e. The average Bonchev–Trinajstić information content (AvgIpc) is 3.20. The number of fused-ring (bicyclic) bond motifs is 3. The molecule has 1 amide bonds. The average molecular weight is 376 g/mol. The van der Waals surface area contributed by atoms with Gasteiger partial charge in [0, 0.05) is 48.2 Å². The lowest BCUT2D eigenvalue weighted by atomic mass is 9.77. The predicted molar refractivity (Wildman–Crippen MR) is 108 cm³/mol. The number of likely N-dealkylation sites (tertiary alicyclic amines) is 1. The smallest absolute Gasteiger partial charge is 0.256 e. The number of piperidine rings is 1. The topological polar surface area (TPSA) is 71.0 Å². The number of para-hydroxylation sites is 1. The Kier molecular flexibility index (Phi) is 3.73. The predicted octanol–water partition coefficient (Wildman–Crippen LogP) is 2.69. The third-order valence-corrected chi connectivity index (χ3v) is 6.48. The Labute approximate surface area is 163 Å². The molecule has 1 N–H and O–H groups in total. The van der Waals surface area contributed by atoms with Gasteiger partial charge in [-0.2, -0.15) is 0 Å². The van der Waals surface area contributed by atoms with E-state index in [4.69, 9.17) is 4.98 Å². The molecule has 0 bridgehead atoms. The number of rotatable bonds is 1. The molecule has 1 aliphatic heterocycles. The summed E-state index contributed by atoms with van der Waals surface area (Å²) in [6.45, 7) is 3.22. The number of hydrogen-bond acceptors (Lipinski definition) is 3. The number of hydrogen-bond donors (Lipinski definition) is 1. The first-order chi connectivity index (χ1) is 13.5. The molecule has 1 saturated heterocycles. The molecule has 1 aromatic carbocycles. The van der Waals surface area contributed by atoms with Gasteiger partial charge in [-0.25, -0.2) is 4.98 Å². The summed E-state index contributed by atoms with van der Waals surface area (Å²) in [5, 5.41) is 0.992. The Morgan fingerprint density at radius 1 is 1.25 bits per heavy atom. The molecule has 1 atom stereocenters. The van der Waals surface area contributed by atoms with Crippen molar-refractivity contribution >= 4 is 16.8 Å². The number of aromatic nitrogens is 3. The Bertz CT molecular complexity index is 1160. The Morgan fingerprint density at radius 2 is 2.07 bits per heavy atom. The fourth-order valence-electron chi connectivity index (χ4n) is 5.15. The lowest BCUT2D eigenvalue weighted by molar-refractivity contribution is 0.0635. The van der Waals surface area contributed by atoms with E-state index in [2.05, 4.69) is 4.98 Å². The van der Waals surface area contributed by atoms with E-state index in [1.165, 1.54) is 0 Å². The second-order valence-electron chi connectivity index (χ2n) is 8.26. The van der Waals surface area contributed by atoms with Crippen molar-refractivity contribution < 1.29 is 4.79 Å². The highest BCUT2D eigenvalue weighted by Gasteiger charge is 2.45. The lowest BCUT2D eigenvalue weighted by Gasteiger charge is -2.40. The van der Waals surface area contributed by atoms with Gasteiger partial charge in [-0.05, 0) is 38.7 Å². The first-order valence-electron chi connectivity index (χ1n) is 9.92. The number of benzene rings is 1. The van der Waals surface area contributed by atoms with E-state index in [0.29, 0.717) is 12.4 Å². The molecule has 0 radical (unpaired) electrons. The Morgan fingerprint density at radius 3 is 2.93 bits per heavy atom. The van der Waals surface area contributed by atoms with Crippen LogP contribution in [0.5, 0.6) is 0 Å². The molecule has 6 nitrogen and oxygen atoms in total. The minimum absolute atomic E-state index is 0.0168. The third kappa shape index (κ3) is 2.44. The van der Waals surface area contributed by atoms with Gasteiger partial charge in [0.05, 0.1) is 11.3 Å². The minimum atomic E-state index is -0.188. The minimum Gasteiger partial charge on any atom is -0.350 e. The molecule has 1 unspecified atom stereocenters. The largest absolute Gasteiger partial charge is 0.350 e. The van der Waals surface area contributed by atoms with Crippen LogP contribution < -0.4 is 5.56 Å². The van der Waals surface area contributed by atoms with E-state index >= 15 is 0 Å². The summed E-state index contributed by atoms with van der Waals surface area (Å²) < 4.78 is 2.01. The molecule has 3 aromatic rings. The summed E-state index contributed by atoms with van der Waals surface area (Å²) in [5.74, 6) is 0.730. The summed E-state index contributed by atoms with van der Waals surface area (Å²) >= 11 is 0. The van der Waals surface area contributed by atoms with Crippen molar-refractivity contribution in [2.45, 2.75) is 38.0 Å². The first-order valence-corrected chi connectivity index (χ1v) is 9.92. The molecule has 28 heavy (non-hydrogen) atoms. The molecule has 144 valence electrons. The molecule has 0 saturated carbocycles. The molecule has 6 heteroatoms. The van der Waals surface area contributed by atoms with Gasteiger partial charge in [0.1, 0.15) is 5.82 Å². The molecular formula is C22H24N4O2. The fourth-order valence-corrected chi connectivity index (χ4v) is 5.15. The van der Waals surface area contributed by atoms with E-state index in [1.54, 1.807) is 0 Å². The number of aromatic amines is 1. The second-order valence-corrected chi connectivity index (χ2v) is 8.26. The van der Waals surface area contributed by atoms with Crippen LogP contribution in [0.4, 0.5) is 0 Å². The van der Waals surface area contributed by atoms with Crippen LogP contribution in [0.25, 0.3) is 10.9 Å². The van der Waals surface area contributed by atoms with Crippen LogP contribution in [0.1, 0.15) is 46.7 Å². The summed E-state index contributed by atoms with van der Waals surface area (Å²) in [6.07, 6.45) is 5.48. The zero-order chi connectivity index (χ0) is 19.5. The molecule has 1 fully saturated rings. The van der Waals surface area contributed by atoms with E-state index in [0.717, 1.165) is 60.0 Å². The Hall–Kier alpha value is -2.89. The number of amides is 1.